The molecule has 4 atom stereocenters. The van der Waals surface area contributed by atoms with Crippen molar-refractivity contribution in [3.8, 4) is 5.75 Å². The first-order chi connectivity index (χ1) is 14.0. The first-order valence-corrected chi connectivity index (χ1v) is 10.9. The maximum Gasteiger partial charge on any atom is 0.191 e. The van der Waals surface area contributed by atoms with E-state index in [9.17, 15) is 0 Å². The fraction of sp³-hybridized carbons (Fsp3) is 0.696. The van der Waals surface area contributed by atoms with Crippen LogP contribution in [0.2, 0.25) is 0 Å². The minimum absolute atomic E-state index is 0. The molecule has 1 saturated carbocycles. The van der Waals surface area contributed by atoms with Crippen LogP contribution in [0.5, 0.6) is 5.75 Å². The van der Waals surface area contributed by atoms with Crippen LogP contribution < -0.4 is 15.4 Å². The van der Waals surface area contributed by atoms with Gasteiger partial charge < -0.3 is 24.8 Å². The average molecular weight is 529 g/mol. The van der Waals surface area contributed by atoms with Crippen molar-refractivity contribution in [3.63, 3.8) is 0 Å². The van der Waals surface area contributed by atoms with Crippen LogP contribution in [0.25, 0.3) is 0 Å². The molecule has 2 aliphatic heterocycles. The summed E-state index contributed by atoms with van der Waals surface area (Å²) in [6.07, 6.45) is 2.58. The van der Waals surface area contributed by atoms with Gasteiger partial charge in [0, 0.05) is 55.7 Å². The fourth-order valence-corrected chi connectivity index (χ4v) is 5.00. The highest BCUT2D eigenvalue weighted by molar-refractivity contribution is 14.0. The van der Waals surface area contributed by atoms with Crippen molar-refractivity contribution in [1.29, 1.82) is 0 Å². The SMILES string of the molecule is CN=C(NCc1ccc(C)cc1OCC1CCOC1)NC1C2CCOC2C1(C)C.I. The highest BCUT2D eigenvalue weighted by Crippen LogP contribution is 2.52. The first kappa shape index (κ1) is 23.6. The largest absolute Gasteiger partial charge is 0.493 e. The number of benzene rings is 1. The highest BCUT2D eigenvalue weighted by atomic mass is 127. The van der Waals surface area contributed by atoms with E-state index < -0.39 is 0 Å². The van der Waals surface area contributed by atoms with E-state index in [-0.39, 0.29) is 29.4 Å². The van der Waals surface area contributed by atoms with Gasteiger partial charge in [-0.15, -0.1) is 24.0 Å². The second kappa shape index (κ2) is 10.0. The van der Waals surface area contributed by atoms with E-state index in [0.29, 0.717) is 37.1 Å². The number of rotatable bonds is 6. The lowest BCUT2D eigenvalue weighted by Crippen LogP contribution is -2.67. The molecular weight excluding hydrogens is 493 g/mol. The molecule has 1 aromatic carbocycles. The Kier molecular flexibility index (Phi) is 7.90. The fourth-order valence-electron chi connectivity index (χ4n) is 5.00. The van der Waals surface area contributed by atoms with Gasteiger partial charge in [-0.3, -0.25) is 4.99 Å². The molecule has 2 heterocycles. The first-order valence-electron chi connectivity index (χ1n) is 10.9. The molecule has 0 spiro atoms. The van der Waals surface area contributed by atoms with E-state index in [4.69, 9.17) is 14.2 Å². The molecule has 2 saturated heterocycles. The lowest BCUT2D eigenvalue weighted by molar-refractivity contribution is -0.106. The summed E-state index contributed by atoms with van der Waals surface area (Å²) in [5.74, 6) is 2.86. The van der Waals surface area contributed by atoms with Crippen molar-refractivity contribution in [2.75, 3.05) is 33.5 Å². The molecule has 30 heavy (non-hydrogen) atoms. The number of halogens is 1. The average Bonchev–Trinajstić information content (AvgIpc) is 3.38. The molecule has 7 heteroatoms. The molecule has 0 radical (unpaired) electrons. The molecule has 4 unspecified atom stereocenters. The van der Waals surface area contributed by atoms with Gasteiger partial charge in [-0.2, -0.15) is 0 Å². The summed E-state index contributed by atoms with van der Waals surface area (Å²) < 4.78 is 17.6. The number of hydrogen-bond donors (Lipinski definition) is 2. The van der Waals surface area contributed by atoms with E-state index in [1.807, 2.05) is 7.05 Å². The summed E-state index contributed by atoms with van der Waals surface area (Å²) in [7, 11) is 1.83. The summed E-state index contributed by atoms with van der Waals surface area (Å²) in [4.78, 5) is 4.46. The molecule has 0 amide bonds. The van der Waals surface area contributed by atoms with Crippen LogP contribution in [0.4, 0.5) is 0 Å². The zero-order valence-electron chi connectivity index (χ0n) is 18.6. The number of fused-ring (bicyclic) bond motifs is 1. The van der Waals surface area contributed by atoms with Gasteiger partial charge in [-0.1, -0.05) is 26.0 Å². The smallest absolute Gasteiger partial charge is 0.191 e. The molecule has 0 bridgehead atoms. The molecule has 1 aliphatic carbocycles. The number of aryl methyl sites for hydroxylation is 1. The Balaban J connectivity index is 0.00000256. The third kappa shape index (κ3) is 4.88. The zero-order valence-corrected chi connectivity index (χ0v) is 20.9. The van der Waals surface area contributed by atoms with Crippen molar-refractivity contribution < 1.29 is 14.2 Å². The van der Waals surface area contributed by atoms with Gasteiger partial charge in [0.25, 0.3) is 0 Å². The topological polar surface area (TPSA) is 64.1 Å². The van der Waals surface area contributed by atoms with E-state index in [2.05, 4.69) is 54.6 Å². The van der Waals surface area contributed by atoms with Crippen LogP contribution in [0, 0.1) is 24.2 Å². The van der Waals surface area contributed by atoms with Gasteiger partial charge in [-0.25, -0.2) is 0 Å². The normalized spacial score (nSPS) is 29.5. The number of nitrogens with one attached hydrogen (secondary N) is 2. The molecule has 0 aromatic heterocycles. The Bertz CT molecular complexity index is 749. The lowest BCUT2D eigenvalue weighted by atomic mass is 9.57. The molecule has 3 fully saturated rings. The second-order valence-corrected chi connectivity index (χ2v) is 9.26. The molecule has 2 N–H and O–H groups in total. The predicted molar refractivity (Wildman–Crippen MR) is 130 cm³/mol. The standard InChI is InChI=1S/C23H35N3O3.HI/c1-15-5-6-17(19(11-15)29-14-16-7-9-27-13-16)12-25-22(24-4)26-20-18-8-10-28-21(18)23(20,2)3;/h5-6,11,16,18,20-21H,7-10,12-14H2,1-4H3,(H2,24,25,26);1H. The van der Waals surface area contributed by atoms with Crippen molar-refractivity contribution in [2.24, 2.45) is 22.2 Å². The molecule has 1 aromatic rings. The van der Waals surface area contributed by atoms with Gasteiger partial charge in [0.2, 0.25) is 0 Å². The minimum atomic E-state index is 0. The van der Waals surface area contributed by atoms with Crippen molar-refractivity contribution in [1.82, 2.24) is 10.6 Å². The van der Waals surface area contributed by atoms with E-state index in [1.165, 1.54) is 5.56 Å². The summed E-state index contributed by atoms with van der Waals surface area (Å²) in [6.45, 7) is 10.6. The van der Waals surface area contributed by atoms with Crippen molar-refractivity contribution in [3.05, 3.63) is 29.3 Å². The van der Waals surface area contributed by atoms with Crippen LogP contribution >= 0.6 is 24.0 Å². The summed E-state index contributed by atoms with van der Waals surface area (Å²) >= 11 is 0. The Morgan fingerprint density at radius 3 is 2.83 bits per heavy atom. The van der Waals surface area contributed by atoms with Gasteiger partial charge in [0.05, 0.1) is 19.3 Å². The number of nitrogens with zero attached hydrogens (tertiary/aromatic N) is 1. The molecule has 168 valence electrons. The van der Waals surface area contributed by atoms with Gasteiger partial charge in [0.1, 0.15) is 5.75 Å². The minimum Gasteiger partial charge on any atom is -0.493 e. The molecule has 4 rings (SSSR count). The summed E-state index contributed by atoms with van der Waals surface area (Å²) in [5, 5.41) is 7.13. The maximum atomic E-state index is 6.17. The van der Waals surface area contributed by atoms with Crippen molar-refractivity contribution in [2.45, 2.75) is 52.3 Å². The quantitative estimate of drug-likeness (QED) is 0.336. The van der Waals surface area contributed by atoms with Crippen LogP contribution in [0.3, 0.4) is 0 Å². The monoisotopic (exact) mass is 529 g/mol. The zero-order chi connectivity index (χ0) is 20.4. The Hall–Kier alpha value is -1.06. The Morgan fingerprint density at radius 2 is 2.10 bits per heavy atom. The van der Waals surface area contributed by atoms with Gasteiger partial charge in [0.15, 0.2) is 5.96 Å². The number of guanidine groups is 1. The predicted octanol–water partition coefficient (Wildman–Crippen LogP) is 3.51. The van der Waals surface area contributed by atoms with Crippen LogP contribution in [-0.2, 0) is 16.0 Å². The van der Waals surface area contributed by atoms with Crippen LogP contribution in [0.1, 0.15) is 37.8 Å². The number of aliphatic imine (C=N–C) groups is 1. The maximum absolute atomic E-state index is 6.17. The number of hydrogen-bond acceptors (Lipinski definition) is 4. The lowest BCUT2D eigenvalue weighted by Gasteiger charge is -2.54. The van der Waals surface area contributed by atoms with E-state index >= 15 is 0 Å². The summed E-state index contributed by atoms with van der Waals surface area (Å²) in [5.41, 5.74) is 2.48. The Labute approximate surface area is 197 Å². The summed E-state index contributed by atoms with van der Waals surface area (Å²) in [6, 6.07) is 6.79. The van der Waals surface area contributed by atoms with E-state index in [1.54, 1.807) is 0 Å². The van der Waals surface area contributed by atoms with Gasteiger partial charge >= 0.3 is 0 Å². The van der Waals surface area contributed by atoms with Crippen LogP contribution in [-0.4, -0.2) is 51.6 Å². The Morgan fingerprint density at radius 1 is 1.27 bits per heavy atom. The molecule has 6 nitrogen and oxygen atoms in total. The number of ether oxygens (including phenoxy) is 3. The third-order valence-electron chi connectivity index (χ3n) is 6.78. The van der Waals surface area contributed by atoms with Crippen LogP contribution in [0.15, 0.2) is 23.2 Å². The second-order valence-electron chi connectivity index (χ2n) is 9.26. The third-order valence-corrected chi connectivity index (χ3v) is 6.78. The van der Waals surface area contributed by atoms with Gasteiger partial charge in [-0.05, 0) is 31.4 Å². The molecule has 3 aliphatic rings. The highest BCUT2D eigenvalue weighted by Gasteiger charge is 2.59. The van der Waals surface area contributed by atoms with E-state index in [0.717, 1.165) is 49.9 Å². The molecular formula is C23H36IN3O3. The van der Waals surface area contributed by atoms with Crippen molar-refractivity contribution >= 4 is 29.9 Å².